The van der Waals surface area contributed by atoms with E-state index in [0.29, 0.717) is 0 Å². The Labute approximate surface area is 234 Å². The summed E-state index contributed by atoms with van der Waals surface area (Å²) in [6, 6.07) is 28.7. The van der Waals surface area contributed by atoms with E-state index in [0.717, 1.165) is 0 Å². The summed E-state index contributed by atoms with van der Waals surface area (Å²) in [7, 11) is 0. The smallest absolute Gasteiger partial charge is 0.0184 e. The molecule has 3 aromatic carbocycles. The predicted molar refractivity (Wildman–Crippen MR) is 167 cm³/mol. The van der Waals surface area contributed by atoms with Crippen molar-refractivity contribution in [3.8, 4) is 0 Å². The number of hydrogen-bond acceptors (Lipinski definition) is 0. The summed E-state index contributed by atoms with van der Waals surface area (Å²) in [4.78, 5) is 0. The maximum absolute atomic E-state index is 2.12. The first kappa shape index (κ1) is 28.9. The third-order valence-corrected chi connectivity index (χ3v) is 9.76. The zero-order chi connectivity index (χ0) is 26.1. The van der Waals surface area contributed by atoms with E-state index >= 15 is 0 Å². The third kappa shape index (κ3) is 10.2. The Kier molecular flexibility index (Phi) is 13.3. The number of hydrogen-bond donors (Lipinski definition) is 0. The minimum atomic E-state index is 1.17. The highest BCUT2D eigenvalue weighted by Gasteiger charge is 2.31. The molecule has 3 aromatic rings. The quantitative estimate of drug-likeness (QED) is 0.282. The highest BCUT2D eigenvalue weighted by molar-refractivity contribution is 5.82. The van der Waals surface area contributed by atoms with Gasteiger partial charge in [-0.05, 0) is 34.4 Å². The zero-order valence-corrected chi connectivity index (χ0v) is 24.1. The van der Waals surface area contributed by atoms with Crippen LogP contribution in [-0.4, -0.2) is 0 Å². The first-order valence-electron chi connectivity index (χ1n) is 16.3. The molecule has 5 aliphatic rings. The second-order valence-electron chi connectivity index (χ2n) is 12.4. The van der Waals surface area contributed by atoms with Crippen molar-refractivity contribution in [3.05, 3.63) is 84.9 Å². The van der Waals surface area contributed by atoms with Crippen LogP contribution in [0.1, 0.15) is 116 Å². The van der Waals surface area contributed by atoms with Crippen LogP contribution in [0.2, 0.25) is 0 Å². The second-order valence-corrected chi connectivity index (χ2v) is 12.4. The maximum atomic E-state index is 2.12. The minimum Gasteiger partial charge on any atom is -0.0623 e. The Morgan fingerprint density at radius 2 is 0.500 bits per heavy atom. The van der Waals surface area contributed by atoms with Crippen LogP contribution < -0.4 is 0 Å². The Morgan fingerprint density at radius 3 is 0.763 bits per heavy atom. The molecule has 0 heteroatoms. The molecular weight excluding hydrogens is 456 g/mol. The largest absolute Gasteiger partial charge is 0.0623 e. The standard InChI is InChI=1S/C10H8.C9H16.C8H14.C6H6.C5H10/c1-2-6-10-8-4-3-7-9(10)5-1;1-2-5-9-7-3-6-8(9)4-1;1-3-7-5-2-6-8(7)4-1;1-2-4-6-5-3-1;1-2-4-5-3-1/h1-8H;8-9H,1-7H2;7-8H,1-6H2;1-6H;1-5H2. The number of rotatable bonds is 0. The molecule has 38 heavy (non-hydrogen) atoms. The Morgan fingerprint density at radius 1 is 0.263 bits per heavy atom. The molecule has 5 aliphatic carbocycles. The highest BCUT2D eigenvalue weighted by atomic mass is 14.4. The lowest BCUT2D eigenvalue weighted by atomic mass is 9.82. The van der Waals surface area contributed by atoms with Crippen LogP contribution in [0.25, 0.3) is 10.8 Å². The van der Waals surface area contributed by atoms with Gasteiger partial charge in [0.05, 0.1) is 0 Å². The molecule has 0 heterocycles. The van der Waals surface area contributed by atoms with Crippen LogP contribution in [0.5, 0.6) is 0 Å². The third-order valence-electron chi connectivity index (χ3n) is 9.76. The summed E-state index contributed by atoms with van der Waals surface area (Å²) in [5, 5.41) is 2.62. The Hall–Kier alpha value is -2.08. The summed E-state index contributed by atoms with van der Waals surface area (Å²) in [5.74, 6) is 4.68. The number of benzene rings is 3. The maximum Gasteiger partial charge on any atom is -0.0184 e. The van der Waals surface area contributed by atoms with Gasteiger partial charge in [0.25, 0.3) is 0 Å². The monoisotopic (exact) mass is 510 g/mol. The van der Waals surface area contributed by atoms with E-state index in [9.17, 15) is 0 Å². The van der Waals surface area contributed by atoms with Gasteiger partial charge in [-0.3, -0.25) is 0 Å². The average Bonchev–Trinajstić information content (AvgIpc) is 3.82. The van der Waals surface area contributed by atoms with E-state index < -0.39 is 0 Å². The molecule has 2 unspecified atom stereocenters. The molecule has 5 fully saturated rings. The molecule has 0 N–H and O–H groups in total. The van der Waals surface area contributed by atoms with Gasteiger partial charge in [0.1, 0.15) is 0 Å². The molecule has 0 amide bonds. The van der Waals surface area contributed by atoms with Crippen LogP contribution in [0.15, 0.2) is 84.9 Å². The summed E-state index contributed by atoms with van der Waals surface area (Å²) in [6.45, 7) is 0. The van der Waals surface area contributed by atoms with Crippen molar-refractivity contribution in [2.75, 3.05) is 0 Å². The Balaban J connectivity index is 0.000000113. The fraction of sp³-hybridized carbons (Fsp3) is 0.579. The van der Waals surface area contributed by atoms with Crippen LogP contribution in [0, 0.1) is 23.7 Å². The van der Waals surface area contributed by atoms with E-state index in [1.807, 2.05) is 36.4 Å². The van der Waals surface area contributed by atoms with Gasteiger partial charge in [-0.25, -0.2) is 0 Å². The Bertz CT molecular complexity index is 840. The first-order valence-corrected chi connectivity index (χ1v) is 16.3. The van der Waals surface area contributed by atoms with Gasteiger partial charge in [0, 0.05) is 0 Å². The van der Waals surface area contributed by atoms with Crippen molar-refractivity contribution >= 4 is 10.8 Å². The van der Waals surface area contributed by atoms with E-state index in [2.05, 4.69) is 48.5 Å². The van der Waals surface area contributed by atoms with E-state index in [-0.39, 0.29) is 0 Å². The molecule has 0 aromatic heterocycles. The van der Waals surface area contributed by atoms with Crippen molar-refractivity contribution < 1.29 is 0 Å². The van der Waals surface area contributed by atoms with E-state index in [1.165, 1.54) is 98.7 Å². The topological polar surface area (TPSA) is 0 Å². The fourth-order valence-corrected chi connectivity index (χ4v) is 7.60. The molecule has 0 saturated heterocycles. The second kappa shape index (κ2) is 17.5. The normalized spacial score (nSPS) is 26.6. The van der Waals surface area contributed by atoms with E-state index in [4.69, 9.17) is 0 Å². The van der Waals surface area contributed by atoms with Crippen molar-refractivity contribution in [2.45, 2.75) is 116 Å². The van der Waals surface area contributed by atoms with Crippen molar-refractivity contribution in [1.29, 1.82) is 0 Å². The lowest BCUT2D eigenvalue weighted by Gasteiger charge is -2.24. The highest BCUT2D eigenvalue weighted by Crippen LogP contribution is 2.43. The van der Waals surface area contributed by atoms with E-state index in [1.54, 1.807) is 51.4 Å². The van der Waals surface area contributed by atoms with Crippen molar-refractivity contribution in [1.82, 2.24) is 0 Å². The van der Waals surface area contributed by atoms with Gasteiger partial charge in [-0.15, -0.1) is 0 Å². The fourth-order valence-electron chi connectivity index (χ4n) is 7.60. The van der Waals surface area contributed by atoms with Gasteiger partial charge in [-0.2, -0.15) is 0 Å². The van der Waals surface area contributed by atoms with Crippen LogP contribution in [0.4, 0.5) is 0 Å². The molecule has 2 atom stereocenters. The predicted octanol–water partition coefficient (Wildman–Crippen LogP) is 12.0. The minimum absolute atomic E-state index is 1.17. The molecule has 206 valence electrons. The summed E-state index contributed by atoms with van der Waals surface area (Å²) < 4.78 is 0. The first-order chi connectivity index (χ1) is 18.9. The van der Waals surface area contributed by atoms with Gasteiger partial charge < -0.3 is 0 Å². The molecule has 8 rings (SSSR count). The zero-order valence-electron chi connectivity index (χ0n) is 24.1. The summed E-state index contributed by atoms with van der Waals surface area (Å²) in [6.07, 6.45) is 27.7. The molecule has 0 nitrogen and oxygen atoms in total. The van der Waals surface area contributed by atoms with Gasteiger partial charge in [-0.1, -0.05) is 201 Å². The van der Waals surface area contributed by atoms with Gasteiger partial charge >= 0.3 is 0 Å². The summed E-state index contributed by atoms with van der Waals surface area (Å²) in [5.41, 5.74) is 0. The van der Waals surface area contributed by atoms with Crippen LogP contribution in [-0.2, 0) is 0 Å². The molecule has 0 bridgehead atoms. The molecule has 0 aliphatic heterocycles. The van der Waals surface area contributed by atoms with Crippen LogP contribution >= 0.6 is 0 Å². The van der Waals surface area contributed by atoms with Crippen LogP contribution in [0.3, 0.4) is 0 Å². The molecule has 0 spiro atoms. The molecule has 0 radical (unpaired) electrons. The molecule has 5 saturated carbocycles. The van der Waals surface area contributed by atoms with Crippen molar-refractivity contribution in [3.63, 3.8) is 0 Å². The van der Waals surface area contributed by atoms with Gasteiger partial charge in [0.2, 0.25) is 0 Å². The SMILES string of the molecule is C1CC2CCCC2C1.C1CCC2CCCC2C1.C1CCCC1.c1ccc2ccccc2c1.c1ccccc1. The lowest BCUT2D eigenvalue weighted by Crippen LogP contribution is -2.12. The molecular formula is C38H54. The summed E-state index contributed by atoms with van der Waals surface area (Å²) >= 11 is 0. The van der Waals surface area contributed by atoms with Crippen molar-refractivity contribution in [2.24, 2.45) is 23.7 Å². The van der Waals surface area contributed by atoms with Gasteiger partial charge in [0.15, 0.2) is 0 Å². The number of fused-ring (bicyclic) bond motifs is 3. The average molecular weight is 511 g/mol. The lowest BCUT2D eigenvalue weighted by molar-refractivity contribution is 0.277.